The van der Waals surface area contributed by atoms with E-state index in [1.807, 2.05) is 0 Å². The number of methoxy groups -OCH3 is 1. The SMILES string of the molecule is COC(=O)C12CC1(C(C)(C)C)C2. The first-order chi connectivity index (χ1) is 5.40. The van der Waals surface area contributed by atoms with Crippen LogP contribution in [0.4, 0.5) is 0 Å². The fraction of sp³-hybridized carbons (Fsp3) is 0.900. The van der Waals surface area contributed by atoms with E-state index in [4.69, 9.17) is 4.74 Å². The zero-order chi connectivity index (χ0) is 9.20. The van der Waals surface area contributed by atoms with E-state index in [2.05, 4.69) is 20.8 Å². The molecule has 0 unspecified atom stereocenters. The average molecular weight is 168 g/mol. The van der Waals surface area contributed by atoms with Gasteiger partial charge in [-0.3, -0.25) is 4.79 Å². The van der Waals surface area contributed by atoms with Crippen LogP contribution in [0.2, 0.25) is 0 Å². The second kappa shape index (κ2) is 1.70. The number of esters is 1. The van der Waals surface area contributed by atoms with Gasteiger partial charge in [0.05, 0.1) is 12.5 Å². The monoisotopic (exact) mass is 168 g/mol. The third kappa shape index (κ3) is 0.606. The molecule has 0 atom stereocenters. The van der Waals surface area contributed by atoms with E-state index in [-0.39, 0.29) is 16.8 Å². The predicted molar refractivity (Wildman–Crippen MR) is 45.6 cm³/mol. The van der Waals surface area contributed by atoms with Crippen LogP contribution in [0.15, 0.2) is 0 Å². The summed E-state index contributed by atoms with van der Waals surface area (Å²) in [5.74, 6) is 0.0115. The van der Waals surface area contributed by atoms with Crippen molar-refractivity contribution in [2.24, 2.45) is 16.2 Å². The lowest BCUT2D eigenvalue weighted by Crippen LogP contribution is -2.14. The van der Waals surface area contributed by atoms with E-state index >= 15 is 0 Å². The molecule has 12 heavy (non-hydrogen) atoms. The minimum absolute atomic E-state index is 0.0115. The molecule has 0 aromatic heterocycles. The first-order valence-electron chi connectivity index (χ1n) is 4.48. The molecule has 0 N–H and O–H groups in total. The predicted octanol–water partition coefficient (Wildman–Crippen LogP) is 1.99. The molecule has 2 nitrogen and oxygen atoms in total. The van der Waals surface area contributed by atoms with E-state index in [0.717, 1.165) is 12.8 Å². The fourth-order valence-corrected chi connectivity index (χ4v) is 2.67. The zero-order valence-electron chi connectivity index (χ0n) is 8.23. The van der Waals surface area contributed by atoms with Gasteiger partial charge >= 0.3 is 5.97 Å². The lowest BCUT2D eigenvalue weighted by Gasteiger charge is -2.21. The molecule has 0 radical (unpaired) electrons. The lowest BCUT2D eigenvalue weighted by molar-refractivity contribution is -0.144. The first kappa shape index (κ1) is 8.09. The summed E-state index contributed by atoms with van der Waals surface area (Å²) < 4.78 is 4.80. The topological polar surface area (TPSA) is 26.3 Å². The van der Waals surface area contributed by atoms with Crippen molar-refractivity contribution in [3.63, 3.8) is 0 Å². The number of hydrogen-bond donors (Lipinski definition) is 0. The van der Waals surface area contributed by atoms with Crippen LogP contribution in [0.25, 0.3) is 0 Å². The van der Waals surface area contributed by atoms with E-state index in [1.54, 1.807) is 0 Å². The Kier molecular flexibility index (Phi) is 1.15. The van der Waals surface area contributed by atoms with Gasteiger partial charge in [-0.15, -0.1) is 0 Å². The van der Waals surface area contributed by atoms with E-state index < -0.39 is 0 Å². The number of fused-ring (bicyclic) bond motifs is 1. The van der Waals surface area contributed by atoms with Crippen molar-refractivity contribution in [3.05, 3.63) is 0 Å². The summed E-state index contributed by atoms with van der Waals surface area (Å²) in [4.78, 5) is 11.4. The maximum Gasteiger partial charge on any atom is 0.312 e. The Morgan fingerprint density at radius 3 is 2.08 bits per heavy atom. The van der Waals surface area contributed by atoms with Crippen molar-refractivity contribution in [1.82, 2.24) is 0 Å². The zero-order valence-corrected chi connectivity index (χ0v) is 8.23. The van der Waals surface area contributed by atoms with Crippen LogP contribution >= 0.6 is 0 Å². The van der Waals surface area contributed by atoms with Gasteiger partial charge in [-0.25, -0.2) is 0 Å². The third-order valence-electron chi connectivity index (χ3n) is 3.88. The van der Waals surface area contributed by atoms with Crippen molar-refractivity contribution < 1.29 is 9.53 Å². The Morgan fingerprint density at radius 1 is 1.33 bits per heavy atom. The highest BCUT2D eigenvalue weighted by Gasteiger charge is 2.90. The Bertz CT molecular complexity index is 241. The van der Waals surface area contributed by atoms with E-state index in [9.17, 15) is 4.79 Å². The summed E-state index contributed by atoms with van der Waals surface area (Å²) in [5, 5.41) is 0. The second-order valence-corrected chi connectivity index (χ2v) is 5.26. The summed E-state index contributed by atoms with van der Waals surface area (Å²) in [7, 11) is 1.49. The molecule has 2 saturated carbocycles. The molecule has 0 saturated heterocycles. The Balaban J connectivity index is 2.15. The molecule has 2 fully saturated rings. The third-order valence-corrected chi connectivity index (χ3v) is 3.88. The van der Waals surface area contributed by atoms with Gasteiger partial charge < -0.3 is 4.74 Å². The molecule has 2 aliphatic rings. The van der Waals surface area contributed by atoms with Gasteiger partial charge in [0, 0.05) is 0 Å². The number of hydrogen-bond acceptors (Lipinski definition) is 2. The molecule has 2 rings (SSSR count). The minimum Gasteiger partial charge on any atom is -0.469 e. The van der Waals surface area contributed by atoms with Gasteiger partial charge in [0.2, 0.25) is 0 Å². The highest BCUT2D eigenvalue weighted by molar-refractivity contribution is 5.87. The van der Waals surface area contributed by atoms with Crippen molar-refractivity contribution in [1.29, 1.82) is 0 Å². The van der Waals surface area contributed by atoms with Crippen LogP contribution in [0.5, 0.6) is 0 Å². The summed E-state index contributed by atoms with van der Waals surface area (Å²) in [6.07, 6.45) is 2.10. The number of carbonyl (C=O) groups excluding carboxylic acids is 1. The lowest BCUT2D eigenvalue weighted by atomic mass is 9.83. The molecule has 2 aliphatic carbocycles. The molecule has 0 heterocycles. The van der Waals surface area contributed by atoms with Gasteiger partial charge in [0.15, 0.2) is 0 Å². The Morgan fingerprint density at radius 2 is 1.83 bits per heavy atom. The minimum atomic E-state index is -0.0556. The van der Waals surface area contributed by atoms with Crippen LogP contribution < -0.4 is 0 Å². The quantitative estimate of drug-likeness (QED) is 0.560. The largest absolute Gasteiger partial charge is 0.469 e. The molecule has 0 spiro atoms. The van der Waals surface area contributed by atoms with Crippen molar-refractivity contribution in [2.75, 3.05) is 7.11 Å². The molecule has 2 heteroatoms. The molecule has 0 aliphatic heterocycles. The number of rotatable bonds is 1. The van der Waals surface area contributed by atoms with E-state index in [0.29, 0.717) is 5.41 Å². The van der Waals surface area contributed by atoms with Gasteiger partial charge in [-0.1, -0.05) is 20.8 Å². The summed E-state index contributed by atoms with van der Waals surface area (Å²) in [6.45, 7) is 6.64. The molecule has 68 valence electrons. The number of carbonyl (C=O) groups is 1. The Hall–Kier alpha value is -0.530. The highest BCUT2D eigenvalue weighted by Crippen LogP contribution is 2.91. The van der Waals surface area contributed by atoms with Gasteiger partial charge in [-0.05, 0) is 23.7 Å². The van der Waals surface area contributed by atoms with E-state index in [1.165, 1.54) is 7.11 Å². The first-order valence-corrected chi connectivity index (χ1v) is 4.48. The summed E-state index contributed by atoms with van der Waals surface area (Å²) in [6, 6.07) is 0. The average Bonchev–Trinajstić information content (AvgIpc) is 2.66. The van der Waals surface area contributed by atoms with Crippen LogP contribution in [0.1, 0.15) is 33.6 Å². The van der Waals surface area contributed by atoms with Crippen LogP contribution in [-0.4, -0.2) is 13.1 Å². The van der Waals surface area contributed by atoms with Gasteiger partial charge in [0.25, 0.3) is 0 Å². The number of ether oxygens (including phenoxy) is 1. The van der Waals surface area contributed by atoms with Crippen molar-refractivity contribution in [2.45, 2.75) is 33.6 Å². The van der Waals surface area contributed by atoms with Crippen LogP contribution in [0, 0.1) is 16.2 Å². The van der Waals surface area contributed by atoms with Crippen LogP contribution in [-0.2, 0) is 9.53 Å². The highest BCUT2D eigenvalue weighted by atomic mass is 16.5. The summed E-state index contributed by atoms with van der Waals surface area (Å²) in [5.41, 5.74) is 0.508. The smallest absolute Gasteiger partial charge is 0.312 e. The molecule has 0 aromatic rings. The van der Waals surface area contributed by atoms with Gasteiger partial charge in [0.1, 0.15) is 0 Å². The molecule has 0 amide bonds. The summed E-state index contributed by atoms with van der Waals surface area (Å²) >= 11 is 0. The molecular weight excluding hydrogens is 152 g/mol. The van der Waals surface area contributed by atoms with Crippen molar-refractivity contribution in [3.8, 4) is 0 Å². The van der Waals surface area contributed by atoms with Crippen molar-refractivity contribution >= 4 is 5.97 Å². The molecular formula is C10H16O2. The normalized spacial score (nSPS) is 43.3. The van der Waals surface area contributed by atoms with Gasteiger partial charge in [-0.2, -0.15) is 0 Å². The Labute approximate surface area is 73.3 Å². The standard InChI is InChI=1S/C10H16O2/c1-8(2,3)10-5-9(10,6-10)7(11)12-4/h5-6H2,1-4H3. The molecule has 0 aromatic carbocycles. The molecule has 0 bridgehead atoms. The fourth-order valence-electron chi connectivity index (χ4n) is 2.67. The van der Waals surface area contributed by atoms with Crippen LogP contribution in [0.3, 0.4) is 0 Å². The second-order valence-electron chi connectivity index (χ2n) is 5.26. The maximum atomic E-state index is 11.4. The maximum absolute atomic E-state index is 11.4.